The SMILES string of the molecule is CCCCCCCCC1CCCC2CC3CC(C)CC(C)CCCC4CC(C)CC5CC6CCCC(CCCC)CC(C6)CC(CC(C)CC(C)(CC(C)CC(C3)CC(C1)C2)C4)C5. The van der Waals surface area contributed by atoms with Crippen LogP contribution in [0, 0.1) is 100 Å². The van der Waals surface area contributed by atoms with Gasteiger partial charge >= 0.3 is 0 Å². The summed E-state index contributed by atoms with van der Waals surface area (Å²) < 4.78 is 0. The first-order valence-corrected chi connectivity index (χ1v) is 30.4. The van der Waals surface area contributed by atoms with Crippen LogP contribution in [0.1, 0.15) is 299 Å². The molecule has 0 radical (unpaired) electrons. The lowest BCUT2D eigenvalue weighted by atomic mass is 9.62. The summed E-state index contributed by atoms with van der Waals surface area (Å²) in [6.45, 7) is 21.3. The first-order valence-electron chi connectivity index (χ1n) is 30.4. The smallest absolute Gasteiger partial charge is 0.0318 e. The zero-order valence-electron chi connectivity index (χ0n) is 44.6. The van der Waals surface area contributed by atoms with Gasteiger partial charge in [-0.25, -0.2) is 0 Å². The van der Waals surface area contributed by atoms with Gasteiger partial charge in [0, 0.05) is 0 Å². The maximum atomic E-state index is 2.88. The van der Waals surface area contributed by atoms with Gasteiger partial charge in [-0.3, -0.25) is 0 Å². The Balaban J connectivity index is 1.19. The summed E-state index contributed by atoms with van der Waals surface area (Å²) >= 11 is 0. The summed E-state index contributed by atoms with van der Waals surface area (Å²) in [7, 11) is 0. The van der Waals surface area contributed by atoms with E-state index in [1.165, 1.54) is 128 Å². The van der Waals surface area contributed by atoms with Gasteiger partial charge in [0.15, 0.2) is 0 Å². The second-order valence-electron chi connectivity index (χ2n) is 27.7. The summed E-state index contributed by atoms with van der Waals surface area (Å²) in [5.74, 6) is 15.6. The topological polar surface area (TPSA) is 0 Å². The third-order valence-electron chi connectivity index (χ3n) is 20.3. The fourth-order valence-electron chi connectivity index (χ4n) is 18.7. The minimum Gasteiger partial charge on any atom is -0.0654 e. The van der Waals surface area contributed by atoms with Crippen molar-refractivity contribution in [2.45, 2.75) is 299 Å². The molecule has 0 nitrogen and oxygen atoms in total. The van der Waals surface area contributed by atoms with Crippen LogP contribution in [-0.4, -0.2) is 0 Å². The molecule has 0 amide bonds. The molecule has 0 aliphatic heterocycles. The normalized spacial score (nSPS) is 43.4. The fraction of sp³-hybridized carbons (Fsp3) is 1.00. The van der Waals surface area contributed by atoms with Crippen LogP contribution in [0.2, 0.25) is 0 Å². The lowest BCUT2D eigenvalue weighted by Gasteiger charge is -2.43. The molecular formula is C63H116. The van der Waals surface area contributed by atoms with E-state index >= 15 is 0 Å². The molecular weight excluding hydrogens is 757 g/mol. The van der Waals surface area contributed by atoms with E-state index in [4.69, 9.17) is 0 Å². The number of fused-ring (bicyclic) bond motifs is 10. The van der Waals surface area contributed by atoms with Crippen LogP contribution in [0.5, 0.6) is 0 Å². The lowest BCUT2D eigenvalue weighted by Crippen LogP contribution is -2.32. The van der Waals surface area contributed by atoms with Crippen molar-refractivity contribution in [3.8, 4) is 0 Å². The quantitative estimate of drug-likeness (QED) is 0.192. The average molecular weight is 874 g/mol. The molecule has 17 atom stereocenters. The molecule has 0 aromatic rings. The lowest BCUT2D eigenvalue weighted by molar-refractivity contribution is 0.0796. The number of hydrogen-bond donors (Lipinski definition) is 0. The Morgan fingerprint density at radius 2 is 0.683 bits per heavy atom. The third kappa shape index (κ3) is 18.8. The van der Waals surface area contributed by atoms with Crippen LogP contribution < -0.4 is 0 Å². The van der Waals surface area contributed by atoms with Gasteiger partial charge < -0.3 is 0 Å². The van der Waals surface area contributed by atoms with Crippen molar-refractivity contribution < 1.29 is 0 Å². The van der Waals surface area contributed by atoms with E-state index in [-0.39, 0.29) is 0 Å². The highest BCUT2D eigenvalue weighted by atomic mass is 14.4. The predicted molar refractivity (Wildman–Crippen MR) is 279 cm³/mol. The minimum absolute atomic E-state index is 0.506. The van der Waals surface area contributed by atoms with Gasteiger partial charge in [-0.15, -0.1) is 0 Å². The monoisotopic (exact) mass is 873 g/mol. The van der Waals surface area contributed by atoms with Crippen LogP contribution in [0.3, 0.4) is 0 Å². The second kappa shape index (κ2) is 27.3. The molecule has 17 unspecified atom stereocenters. The highest BCUT2D eigenvalue weighted by Gasteiger charge is 2.39. The van der Waals surface area contributed by atoms with E-state index in [1.807, 2.05) is 0 Å². The first kappa shape index (κ1) is 52.4. The van der Waals surface area contributed by atoms with E-state index in [0.29, 0.717) is 5.41 Å². The first-order chi connectivity index (χ1) is 30.4. The van der Waals surface area contributed by atoms with Gasteiger partial charge in [-0.05, 0) is 222 Å². The van der Waals surface area contributed by atoms with Gasteiger partial charge in [0.2, 0.25) is 0 Å². The molecule has 6 aliphatic rings. The van der Waals surface area contributed by atoms with Gasteiger partial charge in [0.25, 0.3) is 0 Å². The summed E-state index contributed by atoms with van der Waals surface area (Å²) in [4.78, 5) is 0. The summed E-state index contributed by atoms with van der Waals surface area (Å²) in [6.07, 6.45) is 58.2. The fourth-order valence-corrected chi connectivity index (χ4v) is 18.7. The van der Waals surface area contributed by atoms with E-state index < -0.39 is 0 Å². The average Bonchev–Trinajstić information content (AvgIpc) is 3.16. The van der Waals surface area contributed by atoms with Gasteiger partial charge in [-0.2, -0.15) is 0 Å². The molecule has 6 fully saturated rings. The molecule has 0 aromatic carbocycles. The molecule has 6 saturated carbocycles. The minimum atomic E-state index is 0.506. The summed E-state index contributed by atoms with van der Waals surface area (Å²) in [6, 6.07) is 0. The Morgan fingerprint density at radius 3 is 1.21 bits per heavy atom. The van der Waals surface area contributed by atoms with Gasteiger partial charge in [0.05, 0.1) is 0 Å². The Kier molecular flexibility index (Phi) is 22.7. The Hall–Kier alpha value is 0. The Bertz CT molecular complexity index is 1200. The maximum absolute atomic E-state index is 2.88. The Labute approximate surface area is 397 Å². The van der Waals surface area contributed by atoms with Gasteiger partial charge in [0.1, 0.15) is 0 Å². The molecule has 10 bridgehead atoms. The number of unbranched alkanes of at least 4 members (excludes halogenated alkanes) is 6. The van der Waals surface area contributed by atoms with E-state index in [1.54, 1.807) is 116 Å². The van der Waals surface area contributed by atoms with Crippen molar-refractivity contribution >= 4 is 0 Å². The highest BCUT2D eigenvalue weighted by molar-refractivity contribution is 4.90. The van der Waals surface area contributed by atoms with E-state index in [0.717, 1.165) is 94.7 Å². The second-order valence-corrected chi connectivity index (χ2v) is 27.7. The van der Waals surface area contributed by atoms with E-state index in [9.17, 15) is 0 Å². The van der Waals surface area contributed by atoms with Crippen LogP contribution >= 0.6 is 0 Å². The van der Waals surface area contributed by atoms with Crippen molar-refractivity contribution in [1.29, 1.82) is 0 Å². The summed E-state index contributed by atoms with van der Waals surface area (Å²) in [5.41, 5.74) is 0.506. The van der Waals surface area contributed by atoms with Crippen LogP contribution in [-0.2, 0) is 0 Å². The zero-order chi connectivity index (χ0) is 44.6. The number of hydrogen-bond acceptors (Lipinski definition) is 0. The molecule has 0 N–H and O–H groups in total. The highest BCUT2D eigenvalue weighted by Crippen LogP contribution is 2.51. The molecule has 0 heterocycles. The number of rotatable bonds is 10. The molecule has 63 heavy (non-hydrogen) atoms. The van der Waals surface area contributed by atoms with Crippen molar-refractivity contribution in [2.24, 2.45) is 100 Å². The standard InChI is InChI=1S/C63H116/c1-9-11-13-14-15-16-22-53-24-19-26-54-36-57-30-48(4)28-47(3)20-17-27-56-29-49(5)31-58-37-55-25-18-23-52(21-12-10-2)34-61(38-55)42-60(41-58)33-51(7)45-63(8,46-56)44-50(6)32-59(40-57)43-62(35-53)39-54/h47-62H,9-46H2,1-8H3. The molecule has 0 aromatic heterocycles. The maximum Gasteiger partial charge on any atom is -0.0318 e. The van der Waals surface area contributed by atoms with Crippen molar-refractivity contribution in [3.63, 3.8) is 0 Å². The summed E-state index contributed by atoms with van der Waals surface area (Å²) in [5, 5.41) is 0. The van der Waals surface area contributed by atoms with E-state index in [2.05, 4.69) is 55.4 Å². The molecule has 6 rings (SSSR count). The van der Waals surface area contributed by atoms with Crippen molar-refractivity contribution in [1.82, 2.24) is 0 Å². The predicted octanol–water partition coefficient (Wildman–Crippen LogP) is 20.9. The molecule has 0 spiro atoms. The van der Waals surface area contributed by atoms with Crippen LogP contribution in [0.15, 0.2) is 0 Å². The molecule has 6 aliphatic carbocycles. The largest absolute Gasteiger partial charge is 0.0654 e. The third-order valence-corrected chi connectivity index (χ3v) is 20.3. The Morgan fingerprint density at radius 1 is 0.302 bits per heavy atom. The van der Waals surface area contributed by atoms with Crippen molar-refractivity contribution in [3.05, 3.63) is 0 Å². The zero-order valence-corrected chi connectivity index (χ0v) is 44.6. The molecule has 368 valence electrons. The van der Waals surface area contributed by atoms with Gasteiger partial charge in [-0.1, -0.05) is 177 Å². The molecule has 0 saturated heterocycles. The van der Waals surface area contributed by atoms with Crippen LogP contribution in [0.4, 0.5) is 0 Å². The van der Waals surface area contributed by atoms with Crippen molar-refractivity contribution in [2.75, 3.05) is 0 Å². The molecule has 0 heteroatoms. The van der Waals surface area contributed by atoms with Crippen LogP contribution in [0.25, 0.3) is 0 Å².